The minimum absolute atomic E-state index is 0.210. The van der Waals surface area contributed by atoms with Gasteiger partial charge in [-0.25, -0.2) is 5.84 Å². The lowest BCUT2D eigenvalue weighted by molar-refractivity contribution is 0.461. The van der Waals surface area contributed by atoms with Gasteiger partial charge in [-0.2, -0.15) is 4.98 Å². The molecule has 0 saturated carbocycles. The number of hydrogen-bond acceptors (Lipinski definition) is 4. The molecule has 2 aromatic rings. The van der Waals surface area contributed by atoms with Gasteiger partial charge in [-0.05, 0) is 40.2 Å². The molecule has 1 aromatic heterocycles. The number of hydrogen-bond donors (Lipinski definition) is 2. The predicted octanol–water partition coefficient (Wildman–Crippen LogP) is 4.99. The van der Waals surface area contributed by atoms with Crippen molar-refractivity contribution in [3.63, 3.8) is 0 Å². The lowest BCUT2D eigenvalue weighted by atomic mass is 10.3. The van der Waals surface area contributed by atoms with E-state index in [1.807, 2.05) is 12.1 Å². The van der Waals surface area contributed by atoms with Crippen molar-refractivity contribution in [2.24, 2.45) is 5.84 Å². The Hall–Kier alpha value is -0.530. The maximum absolute atomic E-state index is 6.03. The van der Waals surface area contributed by atoms with E-state index < -0.39 is 0 Å². The lowest BCUT2D eigenvalue weighted by Gasteiger charge is -2.11. The number of hydrazine groups is 1. The standard InChI is InChI=1S/C11H7Br2Cl2N3O/c12-5-1-2-9(6(13)3-5)19-11-8(15)4-7(14)10(17-11)18-16/h1-4H,16H2,(H,17,18). The van der Waals surface area contributed by atoms with Gasteiger partial charge in [0.2, 0.25) is 5.88 Å². The number of nitrogens with one attached hydrogen (secondary N) is 1. The fourth-order valence-electron chi connectivity index (χ4n) is 1.28. The summed E-state index contributed by atoms with van der Waals surface area (Å²) in [4.78, 5) is 4.09. The predicted molar refractivity (Wildman–Crippen MR) is 84.0 cm³/mol. The van der Waals surface area contributed by atoms with Gasteiger partial charge in [0.15, 0.2) is 5.82 Å². The number of halogens is 4. The fourth-order valence-corrected chi connectivity index (χ4v) is 2.86. The molecule has 0 amide bonds. The SMILES string of the molecule is NNc1nc(Oc2ccc(Br)cc2Br)c(Cl)cc1Cl. The van der Waals surface area contributed by atoms with Gasteiger partial charge in [0.1, 0.15) is 10.8 Å². The topological polar surface area (TPSA) is 60.2 Å². The van der Waals surface area contributed by atoms with Crippen LogP contribution >= 0.6 is 55.1 Å². The first kappa shape index (κ1) is 14.9. The Kier molecular flexibility index (Phi) is 4.92. The first-order chi connectivity index (χ1) is 9.01. The Morgan fingerprint density at radius 2 is 1.89 bits per heavy atom. The molecule has 0 unspecified atom stereocenters. The van der Waals surface area contributed by atoms with Gasteiger partial charge in [-0.3, -0.25) is 0 Å². The van der Waals surface area contributed by atoms with Crippen LogP contribution in [0.3, 0.4) is 0 Å². The number of aromatic nitrogens is 1. The molecule has 0 aliphatic rings. The van der Waals surface area contributed by atoms with Gasteiger partial charge in [-0.15, -0.1) is 0 Å². The highest BCUT2D eigenvalue weighted by Crippen LogP contribution is 2.36. The molecule has 19 heavy (non-hydrogen) atoms. The van der Waals surface area contributed by atoms with E-state index >= 15 is 0 Å². The second-order valence-electron chi connectivity index (χ2n) is 3.43. The third kappa shape index (κ3) is 3.52. The van der Waals surface area contributed by atoms with E-state index in [4.69, 9.17) is 33.8 Å². The normalized spacial score (nSPS) is 10.4. The van der Waals surface area contributed by atoms with Crippen molar-refractivity contribution in [1.29, 1.82) is 0 Å². The monoisotopic (exact) mass is 425 g/mol. The van der Waals surface area contributed by atoms with Crippen molar-refractivity contribution in [3.8, 4) is 11.6 Å². The zero-order valence-corrected chi connectivity index (χ0v) is 13.9. The van der Waals surface area contributed by atoms with Gasteiger partial charge in [0, 0.05) is 4.47 Å². The van der Waals surface area contributed by atoms with Crippen LogP contribution in [0.2, 0.25) is 10.0 Å². The average Bonchev–Trinajstić information content (AvgIpc) is 2.35. The second-order valence-corrected chi connectivity index (χ2v) is 6.01. The highest BCUT2D eigenvalue weighted by atomic mass is 79.9. The number of anilines is 1. The summed E-state index contributed by atoms with van der Waals surface area (Å²) in [6.45, 7) is 0. The lowest BCUT2D eigenvalue weighted by Crippen LogP contribution is -2.09. The van der Waals surface area contributed by atoms with Gasteiger partial charge in [-0.1, -0.05) is 39.1 Å². The third-order valence-electron chi connectivity index (χ3n) is 2.13. The van der Waals surface area contributed by atoms with E-state index in [9.17, 15) is 0 Å². The quantitative estimate of drug-likeness (QED) is 0.535. The van der Waals surface area contributed by atoms with Crippen LogP contribution in [0.15, 0.2) is 33.2 Å². The van der Waals surface area contributed by atoms with Crippen molar-refractivity contribution < 1.29 is 4.74 Å². The average molecular weight is 428 g/mol. The van der Waals surface area contributed by atoms with Crippen LogP contribution in [0.25, 0.3) is 0 Å². The number of pyridine rings is 1. The Bertz CT molecular complexity index is 625. The highest BCUT2D eigenvalue weighted by Gasteiger charge is 2.12. The Balaban J connectivity index is 2.37. The van der Waals surface area contributed by atoms with Gasteiger partial charge in [0.25, 0.3) is 0 Å². The van der Waals surface area contributed by atoms with Crippen molar-refractivity contribution in [2.45, 2.75) is 0 Å². The Morgan fingerprint density at radius 1 is 1.16 bits per heavy atom. The van der Waals surface area contributed by atoms with E-state index in [1.54, 1.807) is 6.07 Å². The number of ether oxygens (including phenoxy) is 1. The molecule has 1 aromatic carbocycles. The van der Waals surface area contributed by atoms with Crippen LogP contribution < -0.4 is 16.0 Å². The number of rotatable bonds is 3. The molecule has 0 fully saturated rings. The maximum Gasteiger partial charge on any atom is 0.240 e. The Labute approximate surface area is 136 Å². The molecule has 0 saturated heterocycles. The van der Waals surface area contributed by atoms with E-state index in [1.165, 1.54) is 6.07 Å². The highest BCUT2D eigenvalue weighted by molar-refractivity contribution is 9.11. The molecule has 4 nitrogen and oxygen atoms in total. The van der Waals surface area contributed by atoms with Crippen LogP contribution in [-0.4, -0.2) is 4.98 Å². The summed E-state index contributed by atoms with van der Waals surface area (Å²) in [6, 6.07) is 6.97. The van der Waals surface area contributed by atoms with Crippen molar-refractivity contribution in [3.05, 3.63) is 43.3 Å². The second kappa shape index (κ2) is 6.28. The van der Waals surface area contributed by atoms with E-state index in [0.29, 0.717) is 15.8 Å². The molecule has 1 heterocycles. The molecule has 0 radical (unpaired) electrons. The molecular weight excluding hydrogens is 421 g/mol. The van der Waals surface area contributed by atoms with Crippen molar-refractivity contribution in [2.75, 3.05) is 5.43 Å². The number of nitrogen functional groups attached to an aromatic ring is 1. The maximum atomic E-state index is 6.03. The Morgan fingerprint density at radius 3 is 2.53 bits per heavy atom. The first-order valence-corrected chi connectivity index (χ1v) is 7.31. The van der Waals surface area contributed by atoms with Crippen LogP contribution in [0.4, 0.5) is 5.82 Å². The van der Waals surface area contributed by atoms with Crippen molar-refractivity contribution in [1.82, 2.24) is 4.98 Å². The molecule has 0 aliphatic heterocycles. The number of benzene rings is 1. The zero-order valence-electron chi connectivity index (χ0n) is 9.25. The molecule has 8 heteroatoms. The first-order valence-electron chi connectivity index (χ1n) is 4.97. The molecule has 0 aliphatic carbocycles. The summed E-state index contributed by atoms with van der Waals surface area (Å²) in [7, 11) is 0. The van der Waals surface area contributed by atoms with Gasteiger partial charge < -0.3 is 10.2 Å². The smallest absolute Gasteiger partial charge is 0.240 e. The molecular formula is C11H7Br2Cl2N3O. The molecule has 3 N–H and O–H groups in total. The molecule has 0 atom stereocenters. The summed E-state index contributed by atoms with van der Waals surface area (Å²) in [5.41, 5.74) is 2.37. The summed E-state index contributed by atoms with van der Waals surface area (Å²) in [5, 5.41) is 0.605. The molecule has 0 spiro atoms. The molecule has 100 valence electrons. The van der Waals surface area contributed by atoms with E-state index in [0.717, 1.165) is 8.95 Å². The summed E-state index contributed by atoms with van der Waals surface area (Å²) >= 11 is 18.7. The number of nitrogens with zero attached hydrogens (tertiary/aromatic N) is 1. The van der Waals surface area contributed by atoms with Crippen molar-refractivity contribution >= 4 is 60.9 Å². The van der Waals surface area contributed by atoms with Crippen LogP contribution in [0.5, 0.6) is 11.6 Å². The summed E-state index contributed by atoms with van der Waals surface area (Å²) in [5.74, 6) is 6.37. The number of nitrogens with two attached hydrogens (primary N) is 1. The van der Waals surface area contributed by atoms with Gasteiger partial charge >= 0.3 is 0 Å². The fraction of sp³-hybridized carbons (Fsp3) is 0. The van der Waals surface area contributed by atoms with Crippen LogP contribution in [0.1, 0.15) is 0 Å². The molecule has 2 rings (SSSR count). The largest absolute Gasteiger partial charge is 0.436 e. The zero-order chi connectivity index (χ0) is 14.0. The van der Waals surface area contributed by atoms with Crippen LogP contribution in [-0.2, 0) is 0 Å². The van der Waals surface area contributed by atoms with Crippen LogP contribution in [0, 0.1) is 0 Å². The molecule has 0 bridgehead atoms. The minimum atomic E-state index is 0.210. The van der Waals surface area contributed by atoms with E-state index in [2.05, 4.69) is 42.3 Å². The third-order valence-corrected chi connectivity index (χ3v) is 3.81. The van der Waals surface area contributed by atoms with E-state index in [-0.39, 0.29) is 11.7 Å². The summed E-state index contributed by atoms with van der Waals surface area (Å²) < 4.78 is 7.31. The minimum Gasteiger partial charge on any atom is -0.436 e. The van der Waals surface area contributed by atoms with Gasteiger partial charge in [0.05, 0.1) is 9.50 Å². The summed E-state index contributed by atoms with van der Waals surface area (Å²) in [6.07, 6.45) is 0.